The van der Waals surface area contributed by atoms with Crippen LogP contribution in [0.15, 0.2) is 52.4 Å². The van der Waals surface area contributed by atoms with E-state index in [-0.39, 0.29) is 5.91 Å². The van der Waals surface area contributed by atoms with Crippen molar-refractivity contribution in [2.45, 2.75) is 31.7 Å². The molecule has 2 aromatic carbocycles. The first-order chi connectivity index (χ1) is 13.0. The largest absolute Gasteiger partial charge is 0.356 e. The van der Waals surface area contributed by atoms with E-state index in [0.717, 1.165) is 31.2 Å². The van der Waals surface area contributed by atoms with Gasteiger partial charge in [-0.3, -0.25) is 9.79 Å². The molecule has 5 nitrogen and oxygen atoms in total. The fourth-order valence-corrected chi connectivity index (χ4v) is 3.39. The highest BCUT2D eigenvalue weighted by atomic mass is 32.2. The smallest absolute Gasteiger partial charge is 0.221 e. The quantitative estimate of drug-likeness (QED) is 0.388. The molecule has 144 valence electrons. The van der Waals surface area contributed by atoms with Crippen molar-refractivity contribution in [1.82, 2.24) is 10.6 Å². The maximum atomic E-state index is 11.1. The van der Waals surface area contributed by atoms with Crippen LogP contribution in [0, 0.1) is 6.92 Å². The van der Waals surface area contributed by atoms with Crippen LogP contribution in [0.5, 0.6) is 0 Å². The number of thioether (sulfide) groups is 1. The molecule has 6 heteroatoms. The molecule has 0 heterocycles. The molecule has 3 N–H and O–H groups in total. The summed E-state index contributed by atoms with van der Waals surface area (Å²) in [6.45, 7) is 5.14. The summed E-state index contributed by atoms with van der Waals surface area (Å²) < 4.78 is 0. The fraction of sp³-hybridized carbons (Fsp3) is 0.333. The standard InChI is InChI=1S/C21H28N4OS/c1-15-5-8-18(20(13-15)27-4)14-24-21(22-3)23-12-11-17-6-9-19(10-7-17)25-16(2)26/h5-10,13H,11-12,14H2,1-4H3,(H,25,26)(H2,22,23,24). The molecule has 1 amide bonds. The lowest BCUT2D eigenvalue weighted by Crippen LogP contribution is -2.37. The van der Waals surface area contributed by atoms with Gasteiger partial charge in [0.25, 0.3) is 0 Å². The van der Waals surface area contributed by atoms with Crippen molar-refractivity contribution >= 4 is 29.3 Å². The highest BCUT2D eigenvalue weighted by molar-refractivity contribution is 7.98. The van der Waals surface area contributed by atoms with E-state index in [9.17, 15) is 4.79 Å². The minimum absolute atomic E-state index is 0.0579. The molecular formula is C21H28N4OS. The van der Waals surface area contributed by atoms with Crippen LogP contribution in [0.25, 0.3) is 0 Å². The predicted molar refractivity (Wildman–Crippen MR) is 116 cm³/mol. The van der Waals surface area contributed by atoms with E-state index >= 15 is 0 Å². The van der Waals surface area contributed by atoms with E-state index in [4.69, 9.17) is 0 Å². The summed E-state index contributed by atoms with van der Waals surface area (Å²) >= 11 is 1.76. The molecular weight excluding hydrogens is 356 g/mol. The Morgan fingerprint density at radius 3 is 2.48 bits per heavy atom. The van der Waals surface area contributed by atoms with Crippen LogP contribution in [0.2, 0.25) is 0 Å². The van der Waals surface area contributed by atoms with Crippen LogP contribution >= 0.6 is 11.8 Å². The molecule has 2 aromatic rings. The lowest BCUT2D eigenvalue weighted by Gasteiger charge is -2.14. The summed E-state index contributed by atoms with van der Waals surface area (Å²) in [6.07, 6.45) is 2.98. The number of hydrogen-bond acceptors (Lipinski definition) is 3. The molecule has 0 bridgehead atoms. The Morgan fingerprint density at radius 2 is 1.85 bits per heavy atom. The van der Waals surface area contributed by atoms with Gasteiger partial charge in [-0.2, -0.15) is 0 Å². The first-order valence-electron chi connectivity index (χ1n) is 8.96. The minimum Gasteiger partial charge on any atom is -0.356 e. The van der Waals surface area contributed by atoms with Crippen molar-refractivity contribution in [3.05, 3.63) is 59.2 Å². The lowest BCUT2D eigenvalue weighted by molar-refractivity contribution is -0.114. The maximum Gasteiger partial charge on any atom is 0.221 e. The summed E-state index contributed by atoms with van der Waals surface area (Å²) in [5.74, 6) is 0.731. The Balaban J connectivity index is 1.81. The molecule has 0 saturated carbocycles. The Kier molecular flexibility index (Phi) is 8.20. The molecule has 0 saturated heterocycles. The number of aryl methyl sites for hydroxylation is 1. The van der Waals surface area contributed by atoms with Crippen LogP contribution in [0.1, 0.15) is 23.6 Å². The van der Waals surface area contributed by atoms with Gasteiger partial charge in [-0.15, -0.1) is 11.8 Å². The highest BCUT2D eigenvalue weighted by Gasteiger charge is 2.04. The number of nitrogens with zero attached hydrogens (tertiary/aromatic N) is 1. The van der Waals surface area contributed by atoms with Gasteiger partial charge in [0.15, 0.2) is 5.96 Å². The third-order valence-corrected chi connectivity index (χ3v) is 4.91. The summed E-state index contributed by atoms with van der Waals surface area (Å²) in [4.78, 5) is 16.6. The number of amides is 1. The number of rotatable bonds is 7. The van der Waals surface area contributed by atoms with Crippen LogP contribution in [0.3, 0.4) is 0 Å². The zero-order chi connectivity index (χ0) is 19.6. The topological polar surface area (TPSA) is 65.5 Å². The maximum absolute atomic E-state index is 11.1. The molecule has 0 aliphatic carbocycles. The Hall–Kier alpha value is -2.47. The summed E-state index contributed by atoms with van der Waals surface area (Å²) in [5.41, 5.74) is 4.56. The predicted octanol–water partition coefficient (Wildman–Crippen LogP) is 3.58. The van der Waals surface area contributed by atoms with Crippen molar-refractivity contribution in [1.29, 1.82) is 0 Å². The van der Waals surface area contributed by atoms with Crippen LogP contribution in [-0.4, -0.2) is 31.7 Å². The third-order valence-electron chi connectivity index (χ3n) is 4.09. The number of carbonyl (C=O) groups is 1. The number of anilines is 1. The molecule has 27 heavy (non-hydrogen) atoms. The Labute approximate surface area is 166 Å². The second kappa shape index (κ2) is 10.6. The summed E-state index contributed by atoms with van der Waals surface area (Å²) in [6, 6.07) is 14.4. The van der Waals surface area contributed by atoms with Crippen molar-refractivity contribution in [3.63, 3.8) is 0 Å². The second-order valence-corrected chi connectivity index (χ2v) is 7.14. The van der Waals surface area contributed by atoms with Gasteiger partial charge >= 0.3 is 0 Å². The second-order valence-electron chi connectivity index (χ2n) is 6.30. The number of carbonyl (C=O) groups excluding carboxylic acids is 1. The van der Waals surface area contributed by atoms with Gasteiger partial charge in [0.1, 0.15) is 0 Å². The molecule has 0 aliphatic rings. The van der Waals surface area contributed by atoms with E-state index in [1.54, 1.807) is 18.8 Å². The average molecular weight is 385 g/mol. The average Bonchev–Trinajstić information content (AvgIpc) is 2.66. The fourth-order valence-electron chi connectivity index (χ4n) is 2.68. The molecule has 0 atom stereocenters. The zero-order valence-corrected chi connectivity index (χ0v) is 17.2. The molecule has 0 spiro atoms. The molecule has 0 aromatic heterocycles. The van der Waals surface area contributed by atoms with Gasteiger partial charge in [-0.25, -0.2) is 0 Å². The minimum atomic E-state index is -0.0579. The number of guanidine groups is 1. The van der Waals surface area contributed by atoms with Crippen LogP contribution in [-0.2, 0) is 17.8 Å². The zero-order valence-electron chi connectivity index (χ0n) is 16.4. The number of hydrogen-bond donors (Lipinski definition) is 3. The first-order valence-corrected chi connectivity index (χ1v) is 10.2. The molecule has 2 rings (SSSR count). The highest BCUT2D eigenvalue weighted by Crippen LogP contribution is 2.21. The van der Waals surface area contributed by atoms with Crippen molar-refractivity contribution in [2.24, 2.45) is 4.99 Å². The van der Waals surface area contributed by atoms with Gasteiger partial charge in [0.2, 0.25) is 5.91 Å². The third kappa shape index (κ3) is 6.98. The Bertz CT molecular complexity index is 787. The van der Waals surface area contributed by atoms with Gasteiger partial charge in [-0.1, -0.05) is 24.3 Å². The monoisotopic (exact) mass is 384 g/mol. The Morgan fingerprint density at radius 1 is 1.11 bits per heavy atom. The number of aliphatic imine (C=N–C) groups is 1. The molecule has 0 unspecified atom stereocenters. The van der Waals surface area contributed by atoms with Gasteiger partial charge < -0.3 is 16.0 Å². The van der Waals surface area contributed by atoms with Gasteiger partial charge in [0.05, 0.1) is 0 Å². The molecule has 0 radical (unpaired) electrons. The van der Waals surface area contributed by atoms with Crippen molar-refractivity contribution in [2.75, 3.05) is 25.2 Å². The van der Waals surface area contributed by atoms with E-state index in [1.807, 2.05) is 24.3 Å². The van der Waals surface area contributed by atoms with Gasteiger partial charge in [0, 0.05) is 37.6 Å². The summed E-state index contributed by atoms with van der Waals surface area (Å²) in [7, 11) is 1.78. The summed E-state index contributed by atoms with van der Waals surface area (Å²) in [5, 5.41) is 9.50. The number of nitrogens with one attached hydrogen (secondary N) is 3. The van der Waals surface area contributed by atoms with E-state index in [2.05, 4.69) is 52.3 Å². The number of benzene rings is 2. The molecule has 0 aliphatic heterocycles. The first kappa shape index (κ1) is 20.8. The van der Waals surface area contributed by atoms with Gasteiger partial charge in [-0.05, 0) is 54.5 Å². The SMILES string of the molecule is CN=C(NCCc1ccc(NC(C)=O)cc1)NCc1ccc(C)cc1SC. The normalized spacial score (nSPS) is 11.2. The van der Waals surface area contributed by atoms with E-state index in [0.29, 0.717) is 0 Å². The van der Waals surface area contributed by atoms with Crippen LogP contribution < -0.4 is 16.0 Å². The lowest BCUT2D eigenvalue weighted by atomic mass is 10.1. The van der Waals surface area contributed by atoms with Crippen molar-refractivity contribution in [3.8, 4) is 0 Å². The van der Waals surface area contributed by atoms with E-state index < -0.39 is 0 Å². The van der Waals surface area contributed by atoms with Crippen molar-refractivity contribution < 1.29 is 4.79 Å². The van der Waals surface area contributed by atoms with E-state index in [1.165, 1.54) is 28.5 Å². The van der Waals surface area contributed by atoms with Crippen LogP contribution in [0.4, 0.5) is 5.69 Å². The molecule has 0 fully saturated rings.